The van der Waals surface area contributed by atoms with Gasteiger partial charge in [-0.25, -0.2) is 4.98 Å². The molecule has 3 aromatic rings. The summed E-state index contributed by atoms with van der Waals surface area (Å²) in [6, 6.07) is 16.1. The lowest BCUT2D eigenvalue weighted by atomic mass is 10.1. The van der Waals surface area contributed by atoms with Crippen molar-refractivity contribution >= 4 is 11.9 Å². The Morgan fingerprint density at radius 3 is 2.52 bits per heavy atom. The van der Waals surface area contributed by atoms with E-state index in [1.54, 1.807) is 12.4 Å². The maximum atomic E-state index is 5.26. The molecule has 5 heteroatoms. The number of hydrogen-bond donors (Lipinski definition) is 2. The van der Waals surface area contributed by atoms with E-state index in [0.29, 0.717) is 0 Å². The molecule has 0 saturated carbocycles. The normalized spacial score (nSPS) is 11.0. The number of aromatic nitrogens is 1. The van der Waals surface area contributed by atoms with Crippen molar-refractivity contribution < 1.29 is 4.42 Å². The Bertz CT molecular complexity index is 747. The maximum absolute atomic E-state index is 5.26. The molecule has 0 radical (unpaired) electrons. The molecule has 5 nitrogen and oxygen atoms in total. The summed E-state index contributed by atoms with van der Waals surface area (Å²) in [5, 5.41) is 7.38. The van der Waals surface area contributed by atoms with Crippen LogP contribution >= 0.6 is 0 Å². The largest absolute Gasteiger partial charge is 0.444 e. The van der Waals surface area contributed by atoms with Gasteiger partial charge >= 0.3 is 0 Å². The van der Waals surface area contributed by atoms with Crippen LogP contribution in [0.5, 0.6) is 0 Å². The van der Waals surface area contributed by atoms with Gasteiger partial charge in [-0.1, -0.05) is 24.3 Å². The highest BCUT2D eigenvalue weighted by Gasteiger charge is 2.00. The first-order valence-corrected chi connectivity index (χ1v) is 7.37. The van der Waals surface area contributed by atoms with Gasteiger partial charge < -0.3 is 9.73 Å². The lowest BCUT2D eigenvalue weighted by Crippen LogP contribution is -2.04. The van der Waals surface area contributed by atoms with E-state index in [2.05, 4.69) is 33.0 Å². The molecule has 0 aliphatic rings. The molecule has 0 spiro atoms. The lowest BCUT2D eigenvalue weighted by Gasteiger charge is -2.02. The standard InChI is InChI=1S/C18H18N4O/c1-19-10-14-2-4-15(5-3-14)11-21-22-17-8-6-16(7-9-17)18-12-20-13-23-18/h2-9,11-13,19,22H,10H2,1H3. The molecule has 0 aliphatic heterocycles. The molecule has 0 atom stereocenters. The van der Waals surface area contributed by atoms with E-state index < -0.39 is 0 Å². The highest BCUT2D eigenvalue weighted by atomic mass is 16.3. The number of nitrogens with one attached hydrogen (secondary N) is 2. The molecule has 0 saturated heterocycles. The van der Waals surface area contributed by atoms with E-state index in [0.717, 1.165) is 29.1 Å². The first-order valence-electron chi connectivity index (χ1n) is 7.37. The van der Waals surface area contributed by atoms with Gasteiger partial charge in [0.15, 0.2) is 12.2 Å². The minimum Gasteiger partial charge on any atom is -0.444 e. The molecule has 23 heavy (non-hydrogen) atoms. The van der Waals surface area contributed by atoms with Crippen LogP contribution in [-0.4, -0.2) is 18.2 Å². The van der Waals surface area contributed by atoms with Gasteiger partial charge in [0, 0.05) is 12.1 Å². The van der Waals surface area contributed by atoms with Crippen molar-refractivity contribution in [1.29, 1.82) is 0 Å². The van der Waals surface area contributed by atoms with Crippen LogP contribution in [0.1, 0.15) is 11.1 Å². The minimum atomic E-state index is 0.752. The Morgan fingerprint density at radius 2 is 1.87 bits per heavy atom. The number of nitrogens with zero attached hydrogens (tertiary/aromatic N) is 2. The third kappa shape index (κ3) is 4.05. The van der Waals surface area contributed by atoms with E-state index in [1.165, 1.54) is 12.0 Å². The molecule has 2 N–H and O–H groups in total. The Labute approximate surface area is 135 Å². The van der Waals surface area contributed by atoms with E-state index in [1.807, 2.05) is 43.4 Å². The monoisotopic (exact) mass is 306 g/mol. The number of rotatable bonds is 6. The van der Waals surface area contributed by atoms with Crippen LogP contribution in [0.4, 0.5) is 5.69 Å². The van der Waals surface area contributed by atoms with Gasteiger partial charge in [0.25, 0.3) is 0 Å². The van der Waals surface area contributed by atoms with Crippen molar-refractivity contribution in [1.82, 2.24) is 10.3 Å². The zero-order valence-corrected chi connectivity index (χ0v) is 12.9. The van der Waals surface area contributed by atoms with Crippen molar-refractivity contribution in [3.8, 4) is 11.3 Å². The first kappa shape index (κ1) is 15.0. The maximum Gasteiger partial charge on any atom is 0.181 e. The quantitative estimate of drug-likeness (QED) is 0.540. The number of oxazole rings is 1. The Kier molecular flexibility index (Phi) is 4.81. The molecule has 2 aromatic carbocycles. The molecule has 0 unspecified atom stereocenters. The molecule has 0 aliphatic carbocycles. The third-order valence-electron chi connectivity index (χ3n) is 3.37. The van der Waals surface area contributed by atoms with E-state index in [4.69, 9.17) is 4.42 Å². The van der Waals surface area contributed by atoms with Crippen LogP contribution in [-0.2, 0) is 6.54 Å². The molecular formula is C18H18N4O. The molecule has 1 aromatic heterocycles. The summed E-state index contributed by atoms with van der Waals surface area (Å²) >= 11 is 0. The molecule has 0 amide bonds. The second-order valence-corrected chi connectivity index (χ2v) is 5.08. The molecule has 1 heterocycles. The molecule has 116 valence electrons. The van der Waals surface area contributed by atoms with E-state index in [9.17, 15) is 0 Å². The fourth-order valence-electron chi connectivity index (χ4n) is 2.17. The predicted octanol–water partition coefficient (Wildman–Crippen LogP) is 3.51. The van der Waals surface area contributed by atoms with Gasteiger partial charge in [-0.2, -0.15) is 5.10 Å². The first-order chi connectivity index (χ1) is 11.3. The average Bonchev–Trinajstić information content (AvgIpc) is 3.12. The summed E-state index contributed by atoms with van der Waals surface area (Å²) in [7, 11) is 1.94. The second kappa shape index (κ2) is 7.38. The van der Waals surface area contributed by atoms with Crippen molar-refractivity contribution in [2.24, 2.45) is 5.10 Å². The minimum absolute atomic E-state index is 0.752. The van der Waals surface area contributed by atoms with Crippen molar-refractivity contribution in [2.45, 2.75) is 6.54 Å². The van der Waals surface area contributed by atoms with E-state index in [-0.39, 0.29) is 0 Å². The topological polar surface area (TPSA) is 62.5 Å². The van der Waals surface area contributed by atoms with Crippen molar-refractivity contribution in [2.75, 3.05) is 12.5 Å². The summed E-state index contributed by atoms with van der Waals surface area (Å²) < 4.78 is 5.26. The second-order valence-electron chi connectivity index (χ2n) is 5.08. The third-order valence-corrected chi connectivity index (χ3v) is 3.37. The van der Waals surface area contributed by atoms with Gasteiger partial charge in [0.05, 0.1) is 18.1 Å². The summed E-state index contributed by atoms with van der Waals surface area (Å²) in [5.74, 6) is 0.752. The molecule has 0 bridgehead atoms. The van der Waals surface area contributed by atoms with Gasteiger partial charge in [-0.3, -0.25) is 5.43 Å². The Balaban J connectivity index is 1.59. The predicted molar refractivity (Wildman–Crippen MR) is 92.4 cm³/mol. The molecular weight excluding hydrogens is 288 g/mol. The van der Waals surface area contributed by atoms with Crippen molar-refractivity contribution in [3.05, 3.63) is 72.2 Å². The Morgan fingerprint density at radius 1 is 1.09 bits per heavy atom. The summed E-state index contributed by atoms with van der Waals surface area (Å²) in [5.41, 5.74) is 7.22. The lowest BCUT2D eigenvalue weighted by molar-refractivity contribution is 0.572. The average molecular weight is 306 g/mol. The Hall–Kier alpha value is -2.92. The van der Waals surface area contributed by atoms with Crippen LogP contribution in [0.25, 0.3) is 11.3 Å². The zero-order valence-electron chi connectivity index (χ0n) is 12.9. The fourth-order valence-corrected chi connectivity index (χ4v) is 2.17. The van der Waals surface area contributed by atoms with Crippen LogP contribution in [0.15, 0.2) is 70.6 Å². The van der Waals surface area contributed by atoms with E-state index >= 15 is 0 Å². The summed E-state index contributed by atoms with van der Waals surface area (Å²) in [6.45, 7) is 0.868. The number of hydrogen-bond acceptors (Lipinski definition) is 5. The fraction of sp³-hybridized carbons (Fsp3) is 0.111. The van der Waals surface area contributed by atoms with Gasteiger partial charge in [0.1, 0.15) is 0 Å². The van der Waals surface area contributed by atoms with Gasteiger partial charge in [-0.05, 0) is 42.4 Å². The molecule has 0 fully saturated rings. The SMILES string of the molecule is CNCc1ccc(C=NNc2ccc(-c3cnco3)cc2)cc1. The van der Waals surface area contributed by atoms with Crippen LogP contribution in [0.2, 0.25) is 0 Å². The van der Waals surface area contributed by atoms with Gasteiger partial charge in [-0.15, -0.1) is 0 Å². The van der Waals surface area contributed by atoms with Gasteiger partial charge in [0.2, 0.25) is 0 Å². The smallest absolute Gasteiger partial charge is 0.181 e. The highest BCUT2D eigenvalue weighted by molar-refractivity contribution is 5.80. The van der Waals surface area contributed by atoms with Crippen LogP contribution < -0.4 is 10.7 Å². The molecule has 3 rings (SSSR count). The van der Waals surface area contributed by atoms with Crippen LogP contribution in [0, 0.1) is 0 Å². The van der Waals surface area contributed by atoms with Crippen LogP contribution in [0.3, 0.4) is 0 Å². The number of anilines is 1. The zero-order chi connectivity index (χ0) is 15.9. The summed E-state index contributed by atoms with van der Waals surface area (Å²) in [6.07, 6.45) is 4.92. The number of hydrazone groups is 1. The van der Waals surface area contributed by atoms with Crippen molar-refractivity contribution in [3.63, 3.8) is 0 Å². The number of benzene rings is 2. The highest BCUT2D eigenvalue weighted by Crippen LogP contribution is 2.20. The summed E-state index contributed by atoms with van der Waals surface area (Å²) in [4.78, 5) is 3.91.